The monoisotopic (exact) mass is 250 g/mol. The number of aryl methyl sites for hydroxylation is 1. The number of anilines is 1. The number of nitrogens with one attached hydrogen (secondary N) is 3. The summed E-state index contributed by atoms with van der Waals surface area (Å²) in [5.74, 6) is -0.532. The van der Waals surface area contributed by atoms with Crippen LogP contribution in [0.1, 0.15) is 23.0 Å². The molecule has 0 aliphatic heterocycles. The van der Waals surface area contributed by atoms with Crippen LogP contribution in [0.25, 0.3) is 0 Å². The van der Waals surface area contributed by atoms with Crippen molar-refractivity contribution < 1.29 is 9.59 Å². The number of hydrogen-bond acceptors (Lipinski definition) is 4. The summed E-state index contributed by atoms with van der Waals surface area (Å²) in [6.45, 7) is 4.17. The van der Waals surface area contributed by atoms with E-state index in [1.165, 1.54) is 6.20 Å². The van der Waals surface area contributed by atoms with E-state index in [0.29, 0.717) is 17.8 Å². The Labute approximate surface area is 106 Å². The Morgan fingerprint density at radius 2 is 2.06 bits per heavy atom. The van der Waals surface area contributed by atoms with Crippen LogP contribution < -0.4 is 16.0 Å². The highest BCUT2D eigenvalue weighted by Gasteiger charge is 2.12. The van der Waals surface area contributed by atoms with Gasteiger partial charge in [-0.25, -0.2) is 0 Å². The third-order valence-electron chi connectivity index (χ3n) is 2.34. The summed E-state index contributed by atoms with van der Waals surface area (Å²) in [6, 6.07) is 1.78. The third-order valence-corrected chi connectivity index (χ3v) is 2.34. The first-order chi connectivity index (χ1) is 8.58. The molecule has 0 aromatic carbocycles. The highest BCUT2D eigenvalue weighted by molar-refractivity contribution is 6.00. The summed E-state index contributed by atoms with van der Waals surface area (Å²) in [5.41, 5.74) is 1.93. The molecule has 1 rings (SSSR count). The maximum absolute atomic E-state index is 11.9. The van der Waals surface area contributed by atoms with E-state index in [1.807, 2.05) is 13.8 Å². The molecule has 0 saturated carbocycles. The first-order valence-corrected chi connectivity index (χ1v) is 5.77. The molecule has 98 valence electrons. The molecule has 1 heterocycles. The minimum Gasteiger partial charge on any atom is -0.387 e. The van der Waals surface area contributed by atoms with Crippen LogP contribution in [0, 0.1) is 6.92 Å². The number of rotatable bonds is 5. The van der Waals surface area contributed by atoms with Crippen LogP contribution in [-0.4, -0.2) is 36.9 Å². The van der Waals surface area contributed by atoms with Crippen molar-refractivity contribution in [1.29, 1.82) is 0 Å². The Kier molecular flexibility index (Phi) is 5.10. The molecule has 0 atom stereocenters. The number of pyridine rings is 1. The Bertz CT molecular complexity index is 446. The van der Waals surface area contributed by atoms with Crippen LogP contribution >= 0.6 is 0 Å². The second kappa shape index (κ2) is 6.58. The number of amides is 2. The first kappa shape index (κ1) is 14.0. The summed E-state index contributed by atoms with van der Waals surface area (Å²) < 4.78 is 0. The van der Waals surface area contributed by atoms with Crippen LogP contribution in [0.5, 0.6) is 0 Å². The Morgan fingerprint density at radius 1 is 1.33 bits per heavy atom. The molecule has 0 radical (unpaired) electrons. The zero-order valence-corrected chi connectivity index (χ0v) is 10.8. The molecule has 0 fully saturated rings. The molecule has 0 aliphatic rings. The first-order valence-electron chi connectivity index (χ1n) is 5.77. The molecular weight excluding hydrogens is 232 g/mol. The lowest BCUT2D eigenvalue weighted by Gasteiger charge is -2.10. The predicted octanol–water partition coefficient (Wildman–Crippen LogP) is 0.298. The fourth-order valence-corrected chi connectivity index (χ4v) is 1.46. The molecule has 1 aromatic rings. The summed E-state index contributed by atoms with van der Waals surface area (Å²) in [6.07, 6.45) is 1.49. The predicted molar refractivity (Wildman–Crippen MR) is 69.5 cm³/mol. The lowest BCUT2D eigenvalue weighted by molar-refractivity contribution is -0.120. The zero-order valence-electron chi connectivity index (χ0n) is 10.8. The maximum Gasteiger partial charge on any atom is 0.255 e. The van der Waals surface area contributed by atoms with Gasteiger partial charge in [0.25, 0.3) is 5.91 Å². The fourth-order valence-electron chi connectivity index (χ4n) is 1.46. The number of nitrogens with zero attached hydrogens (tertiary/aromatic N) is 1. The van der Waals surface area contributed by atoms with Gasteiger partial charge < -0.3 is 16.0 Å². The molecule has 2 amide bonds. The molecule has 18 heavy (non-hydrogen) atoms. The van der Waals surface area contributed by atoms with E-state index in [-0.39, 0.29) is 18.4 Å². The van der Waals surface area contributed by atoms with E-state index < -0.39 is 0 Å². The SMILES string of the molecule is CCNC(=O)CNC(=O)c1cnc(C)cc1NC. The third kappa shape index (κ3) is 3.73. The average Bonchev–Trinajstić information content (AvgIpc) is 2.36. The minimum atomic E-state index is -0.321. The summed E-state index contributed by atoms with van der Waals surface area (Å²) >= 11 is 0. The number of aromatic nitrogens is 1. The lowest BCUT2D eigenvalue weighted by atomic mass is 10.2. The van der Waals surface area contributed by atoms with Crippen molar-refractivity contribution in [3.05, 3.63) is 23.5 Å². The van der Waals surface area contributed by atoms with Crippen molar-refractivity contribution in [1.82, 2.24) is 15.6 Å². The summed E-state index contributed by atoms with van der Waals surface area (Å²) in [7, 11) is 1.73. The number of carbonyl (C=O) groups is 2. The van der Waals surface area contributed by atoms with Crippen LogP contribution in [0.2, 0.25) is 0 Å². The Hall–Kier alpha value is -2.11. The molecule has 6 nitrogen and oxygen atoms in total. The molecule has 0 saturated heterocycles. The lowest BCUT2D eigenvalue weighted by Crippen LogP contribution is -2.37. The van der Waals surface area contributed by atoms with Crippen molar-refractivity contribution >= 4 is 17.5 Å². The van der Waals surface area contributed by atoms with Gasteiger partial charge in [-0.2, -0.15) is 0 Å². The molecule has 3 N–H and O–H groups in total. The number of likely N-dealkylation sites (N-methyl/N-ethyl adjacent to an activating group) is 1. The molecule has 0 spiro atoms. The second-order valence-corrected chi connectivity index (χ2v) is 3.76. The highest BCUT2D eigenvalue weighted by atomic mass is 16.2. The van der Waals surface area contributed by atoms with E-state index >= 15 is 0 Å². The van der Waals surface area contributed by atoms with Gasteiger partial charge in [-0.05, 0) is 19.9 Å². The minimum absolute atomic E-state index is 0.0380. The summed E-state index contributed by atoms with van der Waals surface area (Å²) in [5, 5.41) is 8.08. The van der Waals surface area contributed by atoms with E-state index in [9.17, 15) is 9.59 Å². The maximum atomic E-state index is 11.9. The van der Waals surface area contributed by atoms with E-state index in [1.54, 1.807) is 13.1 Å². The fraction of sp³-hybridized carbons (Fsp3) is 0.417. The largest absolute Gasteiger partial charge is 0.387 e. The van der Waals surface area contributed by atoms with Crippen LogP contribution in [0.3, 0.4) is 0 Å². The van der Waals surface area contributed by atoms with Crippen molar-refractivity contribution in [2.24, 2.45) is 0 Å². The van der Waals surface area contributed by atoms with Gasteiger partial charge in [0.15, 0.2) is 0 Å². The molecule has 0 aliphatic carbocycles. The quantitative estimate of drug-likeness (QED) is 0.701. The van der Waals surface area contributed by atoms with Gasteiger partial charge in [0, 0.05) is 25.5 Å². The molecular formula is C12H18N4O2. The van der Waals surface area contributed by atoms with Gasteiger partial charge >= 0.3 is 0 Å². The van der Waals surface area contributed by atoms with Crippen LogP contribution in [-0.2, 0) is 4.79 Å². The standard InChI is InChI=1S/C12H18N4O2/c1-4-14-11(17)7-16-12(18)9-6-15-8(2)5-10(9)13-3/h5-6H,4,7H2,1-3H3,(H,13,15)(H,14,17)(H,16,18). The average molecular weight is 250 g/mol. The van der Waals surface area contributed by atoms with Gasteiger partial charge in [-0.3, -0.25) is 14.6 Å². The van der Waals surface area contributed by atoms with Gasteiger partial charge in [-0.15, -0.1) is 0 Å². The van der Waals surface area contributed by atoms with E-state index in [2.05, 4.69) is 20.9 Å². The number of carbonyl (C=O) groups excluding carboxylic acids is 2. The molecule has 6 heteroatoms. The molecule has 0 bridgehead atoms. The normalized spacial score (nSPS) is 9.72. The molecule has 0 unspecified atom stereocenters. The van der Waals surface area contributed by atoms with Gasteiger partial charge in [0.05, 0.1) is 17.8 Å². The van der Waals surface area contributed by atoms with Crippen LogP contribution in [0.15, 0.2) is 12.3 Å². The highest BCUT2D eigenvalue weighted by Crippen LogP contribution is 2.14. The van der Waals surface area contributed by atoms with Gasteiger partial charge in [0.2, 0.25) is 5.91 Å². The van der Waals surface area contributed by atoms with E-state index in [0.717, 1.165) is 5.69 Å². The van der Waals surface area contributed by atoms with E-state index in [4.69, 9.17) is 0 Å². The smallest absolute Gasteiger partial charge is 0.255 e. The van der Waals surface area contributed by atoms with Gasteiger partial charge in [0.1, 0.15) is 0 Å². The second-order valence-electron chi connectivity index (χ2n) is 3.76. The number of hydrogen-bond donors (Lipinski definition) is 3. The van der Waals surface area contributed by atoms with Crippen LogP contribution in [0.4, 0.5) is 5.69 Å². The van der Waals surface area contributed by atoms with Crippen molar-refractivity contribution in [3.8, 4) is 0 Å². The van der Waals surface area contributed by atoms with Crippen molar-refractivity contribution in [2.75, 3.05) is 25.5 Å². The van der Waals surface area contributed by atoms with Gasteiger partial charge in [-0.1, -0.05) is 0 Å². The topological polar surface area (TPSA) is 83.1 Å². The molecule has 1 aromatic heterocycles. The Morgan fingerprint density at radius 3 is 2.67 bits per heavy atom. The summed E-state index contributed by atoms with van der Waals surface area (Å²) in [4.78, 5) is 27.2. The zero-order chi connectivity index (χ0) is 13.5. The Balaban J connectivity index is 2.69. The van der Waals surface area contributed by atoms with Crippen molar-refractivity contribution in [3.63, 3.8) is 0 Å². The van der Waals surface area contributed by atoms with Crippen molar-refractivity contribution in [2.45, 2.75) is 13.8 Å².